The summed E-state index contributed by atoms with van der Waals surface area (Å²) in [6.07, 6.45) is -1.34. The molecule has 6 heteroatoms. The van der Waals surface area contributed by atoms with Crippen LogP contribution in [0.5, 0.6) is 0 Å². The van der Waals surface area contributed by atoms with Crippen LogP contribution >= 0.6 is 0 Å². The third-order valence-corrected chi connectivity index (χ3v) is 1.01. The van der Waals surface area contributed by atoms with Crippen molar-refractivity contribution in [3.63, 3.8) is 0 Å². The lowest BCUT2D eigenvalue weighted by Crippen LogP contribution is -2.41. The highest BCUT2D eigenvalue weighted by Crippen LogP contribution is 1.76. The Labute approximate surface area is 63.5 Å². The van der Waals surface area contributed by atoms with E-state index in [1.165, 1.54) is 0 Å². The first-order valence-corrected chi connectivity index (χ1v) is 3.02. The molecule has 0 aromatic rings. The monoisotopic (exact) mass is 161 g/mol. The molecule has 0 saturated carbocycles. The predicted molar refractivity (Wildman–Crippen MR) is 37.3 cm³/mol. The number of carbonyl (C=O) groups excluding carboxylic acids is 2. The molecule has 6 N–H and O–H groups in total. The van der Waals surface area contributed by atoms with Gasteiger partial charge in [0, 0.05) is 0 Å². The summed E-state index contributed by atoms with van der Waals surface area (Å²) in [6.45, 7) is -0.364. The minimum absolute atomic E-state index is 0.175. The molecule has 2 amide bonds. The standard InChI is InChI=1S/C5H11N3O3/c6-1-4(10)8-2-3(9)5(7)11/h3,9H,1-2,6H2,(H2,7,11)(H,8,10). The Hall–Kier alpha value is -1.14. The Morgan fingerprint density at radius 2 is 2.09 bits per heavy atom. The van der Waals surface area contributed by atoms with Crippen molar-refractivity contribution < 1.29 is 14.7 Å². The van der Waals surface area contributed by atoms with Gasteiger partial charge in [0.15, 0.2) is 0 Å². The summed E-state index contributed by atoms with van der Waals surface area (Å²) >= 11 is 0. The zero-order valence-corrected chi connectivity index (χ0v) is 5.91. The highest BCUT2D eigenvalue weighted by atomic mass is 16.3. The van der Waals surface area contributed by atoms with Gasteiger partial charge in [-0.05, 0) is 0 Å². The topological polar surface area (TPSA) is 118 Å². The van der Waals surface area contributed by atoms with Crippen LogP contribution in [0.4, 0.5) is 0 Å². The fraction of sp³-hybridized carbons (Fsp3) is 0.600. The molecule has 0 radical (unpaired) electrons. The smallest absolute Gasteiger partial charge is 0.248 e. The number of rotatable bonds is 4. The minimum atomic E-state index is -1.34. The maximum atomic E-state index is 10.4. The predicted octanol–water partition coefficient (Wildman–Crippen LogP) is -3.09. The molecule has 0 aliphatic heterocycles. The van der Waals surface area contributed by atoms with Crippen LogP contribution in [0.15, 0.2) is 0 Å². The fourth-order valence-electron chi connectivity index (χ4n) is 0.383. The van der Waals surface area contributed by atoms with Crippen LogP contribution in [0.1, 0.15) is 0 Å². The van der Waals surface area contributed by atoms with Crippen molar-refractivity contribution in [2.45, 2.75) is 6.10 Å². The van der Waals surface area contributed by atoms with E-state index in [2.05, 4.69) is 5.32 Å². The largest absolute Gasteiger partial charge is 0.381 e. The second-order valence-corrected chi connectivity index (χ2v) is 1.93. The highest BCUT2D eigenvalue weighted by Gasteiger charge is 2.10. The molecule has 0 rings (SSSR count). The van der Waals surface area contributed by atoms with Gasteiger partial charge in [-0.1, -0.05) is 0 Å². The quantitative estimate of drug-likeness (QED) is 0.349. The van der Waals surface area contributed by atoms with Gasteiger partial charge in [0.2, 0.25) is 11.8 Å². The summed E-state index contributed by atoms with van der Waals surface area (Å²) in [4.78, 5) is 20.6. The lowest BCUT2D eigenvalue weighted by Gasteiger charge is -2.06. The first-order valence-electron chi connectivity index (χ1n) is 3.02. The van der Waals surface area contributed by atoms with E-state index in [0.717, 1.165) is 0 Å². The number of amides is 2. The molecule has 0 heterocycles. The van der Waals surface area contributed by atoms with Gasteiger partial charge in [0.25, 0.3) is 0 Å². The number of nitrogens with one attached hydrogen (secondary N) is 1. The summed E-state index contributed by atoms with van der Waals surface area (Å²) in [5, 5.41) is 10.9. The molecule has 0 bridgehead atoms. The Morgan fingerprint density at radius 3 is 2.45 bits per heavy atom. The van der Waals surface area contributed by atoms with Gasteiger partial charge in [0.05, 0.1) is 13.1 Å². The average Bonchev–Trinajstić information content (AvgIpc) is 1.99. The van der Waals surface area contributed by atoms with Gasteiger partial charge in [-0.15, -0.1) is 0 Å². The summed E-state index contributed by atoms with van der Waals surface area (Å²) in [6, 6.07) is 0. The van der Waals surface area contributed by atoms with E-state index in [9.17, 15) is 9.59 Å². The van der Waals surface area contributed by atoms with Gasteiger partial charge >= 0.3 is 0 Å². The van der Waals surface area contributed by atoms with Crippen molar-refractivity contribution in [3.05, 3.63) is 0 Å². The third-order valence-electron chi connectivity index (χ3n) is 1.01. The molecule has 64 valence electrons. The summed E-state index contributed by atoms with van der Waals surface area (Å²) < 4.78 is 0. The van der Waals surface area contributed by atoms with Crippen LogP contribution in [0, 0.1) is 0 Å². The van der Waals surface area contributed by atoms with Gasteiger partial charge in [-0.3, -0.25) is 9.59 Å². The van der Waals surface area contributed by atoms with Crippen LogP contribution in [0.2, 0.25) is 0 Å². The van der Waals surface area contributed by atoms with Crippen LogP contribution in [-0.2, 0) is 9.59 Å². The number of carbonyl (C=O) groups is 2. The number of hydrogen-bond donors (Lipinski definition) is 4. The second kappa shape index (κ2) is 4.64. The highest BCUT2D eigenvalue weighted by molar-refractivity contribution is 5.81. The van der Waals surface area contributed by atoms with Gasteiger partial charge < -0.3 is 21.9 Å². The Kier molecular flexibility index (Phi) is 4.16. The SMILES string of the molecule is NCC(=O)NCC(O)C(N)=O. The Bertz CT molecular complexity index is 159. The maximum absolute atomic E-state index is 10.4. The van der Waals surface area contributed by atoms with E-state index < -0.39 is 17.9 Å². The zero-order chi connectivity index (χ0) is 8.85. The summed E-state index contributed by atoms with van der Waals surface area (Å²) in [5.74, 6) is -1.31. The van der Waals surface area contributed by atoms with Crippen LogP contribution < -0.4 is 16.8 Å². The van der Waals surface area contributed by atoms with Crippen LogP contribution in [0.3, 0.4) is 0 Å². The van der Waals surface area contributed by atoms with Crippen molar-refractivity contribution in [2.24, 2.45) is 11.5 Å². The molecule has 0 aliphatic carbocycles. The van der Waals surface area contributed by atoms with E-state index in [1.807, 2.05) is 0 Å². The molecule has 0 aliphatic rings. The molecule has 0 saturated heterocycles. The van der Waals surface area contributed by atoms with E-state index in [4.69, 9.17) is 16.6 Å². The first kappa shape index (κ1) is 9.86. The number of aliphatic hydroxyl groups excluding tert-OH is 1. The zero-order valence-electron chi connectivity index (χ0n) is 5.91. The second-order valence-electron chi connectivity index (χ2n) is 1.93. The normalized spacial score (nSPS) is 12.2. The number of primary amides is 1. The molecule has 6 nitrogen and oxygen atoms in total. The van der Waals surface area contributed by atoms with Crippen molar-refractivity contribution >= 4 is 11.8 Å². The fourth-order valence-corrected chi connectivity index (χ4v) is 0.383. The minimum Gasteiger partial charge on any atom is -0.381 e. The molecule has 0 aromatic heterocycles. The molecule has 11 heavy (non-hydrogen) atoms. The molecular weight excluding hydrogens is 150 g/mol. The Balaban J connectivity index is 3.54. The molecule has 1 atom stereocenters. The summed E-state index contributed by atoms with van der Waals surface area (Å²) in [7, 11) is 0. The number of nitrogens with two attached hydrogens (primary N) is 2. The van der Waals surface area contributed by atoms with E-state index in [1.54, 1.807) is 0 Å². The van der Waals surface area contributed by atoms with Crippen molar-refractivity contribution in [2.75, 3.05) is 13.1 Å². The van der Waals surface area contributed by atoms with Crippen molar-refractivity contribution in [3.8, 4) is 0 Å². The van der Waals surface area contributed by atoms with E-state index in [0.29, 0.717) is 0 Å². The van der Waals surface area contributed by atoms with E-state index in [-0.39, 0.29) is 13.1 Å². The van der Waals surface area contributed by atoms with E-state index >= 15 is 0 Å². The maximum Gasteiger partial charge on any atom is 0.248 e. The lowest BCUT2D eigenvalue weighted by molar-refractivity contribution is -0.126. The van der Waals surface area contributed by atoms with Gasteiger partial charge in [-0.25, -0.2) is 0 Å². The van der Waals surface area contributed by atoms with Gasteiger partial charge in [0.1, 0.15) is 6.10 Å². The lowest BCUT2D eigenvalue weighted by atomic mass is 10.3. The number of aliphatic hydroxyl groups is 1. The molecule has 1 unspecified atom stereocenters. The van der Waals surface area contributed by atoms with Crippen LogP contribution in [0.25, 0.3) is 0 Å². The molecule has 0 fully saturated rings. The third kappa shape index (κ3) is 4.29. The number of hydrogen-bond acceptors (Lipinski definition) is 4. The van der Waals surface area contributed by atoms with Crippen molar-refractivity contribution in [1.82, 2.24) is 5.32 Å². The average molecular weight is 161 g/mol. The van der Waals surface area contributed by atoms with Crippen molar-refractivity contribution in [1.29, 1.82) is 0 Å². The van der Waals surface area contributed by atoms with Gasteiger partial charge in [-0.2, -0.15) is 0 Å². The van der Waals surface area contributed by atoms with Crippen LogP contribution in [-0.4, -0.2) is 36.1 Å². The Morgan fingerprint density at radius 1 is 1.55 bits per heavy atom. The molecule has 0 aromatic carbocycles. The summed E-state index contributed by atoms with van der Waals surface area (Å²) in [5.41, 5.74) is 9.62. The molecule has 0 spiro atoms. The first-order chi connectivity index (χ1) is 5.07. The molecular formula is C5H11N3O3.